The van der Waals surface area contributed by atoms with E-state index < -0.39 is 15.8 Å². The van der Waals surface area contributed by atoms with Crippen LogP contribution in [0.2, 0.25) is 0 Å². The standard InChI is InChI=1S/C17H21FN4O3S/c1-13-19-16(12-20(13)2)26(24,25)22-8-4-7-21(9-10-22)17(23)14-5-3-6-15(18)11-14/h3,5-6,11-12H,4,7-10H2,1-2H3. The highest BCUT2D eigenvalue weighted by atomic mass is 32.2. The van der Waals surface area contributed by atoms with Crippen LogP contribution in [0.1, 0.15) is 22.6 Å². The monoisotopic (exact) mass is 380 g/mol. The molecule has 0 saturated carbocycles. The van der Waals surface area contributed by atoms with E-state index >= 15 is 0 Å². The summed E-state index contributed by atoms with van der Waals surface area (Å²) in [6, 6.07) is 5.52. The number of carbonyl (C=O) groups excluding carboxylic acids is 1. The Hall–Kier alpha value is -2.26. The minimum absolute atomic E-state index is 0.0161. The van der Waals surface area contributed by atoms with Crippen LogP contribution in [0.3, 0.4) is 0 Å². The van der Waals surface area contributed by atoms with Gasteiger partial charge in [-0.1, -0.05) is 6.07 Å². The minimum atomic E-state index is -3.70. The molecule has 1 aliphatic heterocycles. The van der Waals surface area contributed by atoms with Gasteiger partial charge in [-0.2, -0.15) is 4.31 Å². The molecule has 0 radical (unpaired) electrons. The highest BCUT2D eigenvalue weighted by Crippen LogP contribution is 2.18. The summed E-state index contributed by atoms with van der Waals surface area (Å²) >= 11 is 0. The zero-order chi connectivity index (χ0) is 18.9. The summed E-state index contributed by atoms with van der Waals surface area (Å²) in [5.74, 6) is -0.154. The first-order chi connectivity index (χ1) is 12.3. The zero-order valence-electron chi connectivity index (χ0n) is 14.7. The molecule has 1 aliphatic rings. The second kappa shape index (κ2) is 7.16. The lowest BCUT2D eigenvalue weighted by atomic mass is 10.2. The lowest BCUT2D eigenvalue weighted by molar-refractivity contribution is 0.0763. The molecule has 3 rings (SSSR count). The van der Waals surface area contributed by atoms with Gasteiger partial charge in [0.2, 0.25) is 0 Å². The topological polar surface area (TPSA) is 75.5 Å². The summed E-state index contributed by atoms with van der Waals surface area (Å²) in [4.78, 5) is 18.2. The Labute approximate surface area is 152 Å². The summed E-state index contributed by atoms with van der Waals surface area (Å²) < 4.78 is 41.9. The molecule has 9 heteroatoms. The summed E-state index contributed by atoms with van der Waals surface area (Å²) in [5, 5.41) is 0.0161. The number of nitrogens with zero attached hydrogens (tertiary/aromatic N) is 4. The second-order valence-corrected chi connectivity index (χ2v) is 8.18. The fourth-order valence-electron chi connectivity index (χ4n) is 2.92. The van der Waals surface area contributed by atoms with Gasteiger partial charge in [-0.3, -0.25) is 4.79 Å². The molecule has 1 amide bonds. The molecule has 0 unspecified atom stereocenters. The lowest BCUT2D eigenvalue weighted by Crippen LogP contribution is -2.37. The number of imidazole rings is 1. The van der Waals surface area contributed by atoms with Gasteiger partial charge < -0.3 is 9.47 Å². The average Bonchev–Trinajstić information content (AvgIpc) is 2.82. The average molecular weight is 380 g/mol. The predicted octanol–water partition coefficient (Wildman–Crippen LogP) is 1.40. The fourth-order valence-corrected chi connectivity index (χ4v) is 4.42. The predicted molar refractivity (Wildman–Crippen MR) is 93.6 cm³/mol. The number of carbonyl (C=O) groups is 1. The Morgan fingerprint density at radius 1 is 1.19 bits per heavy atom. The molecule has 0 atom stereocenters. The van der Waals surface area contributed by atoms with Gasteiger partial charge in [-0.25, -0.2) is 17.8 Å². The summed E-state index contributed by atoms with van der Waals surface area (Å²) in [6.45, 7) is 2.90. The Kier molecular flexibility index (Phi) is 5.10. The van der Waals surface area contributed by atoms with Crippen LogP contribution in [0.4, 0.5) is 4.39 Å². The van der Waals surface area contributed by atoms with E-state index in [0.29, 0.717) is 25.3 Å². The van der Waals surface area contributed by atoms with Crippen LogP contribution in [0.15, 0.2) is 35.5 Å². The number of sulfonamides is 1. The Balaban J connectivity index is 1.74. The molecule has 140 valence electrons. The van der Waals surface area contributed by atoms with E-state index in [2.05, 4.69) is 4.98 Å². The van der Waals surface area contributed by atoms with Crippen LogP contribution in [0.25, 0.3) is 0 Å². The molecule has 0 spiro atoms. The van der Waals surface area contributed by atoms with Gasteiger partial charge in [0, 0.05) is 45.0 Å². The maximum Gasteiger partial charge on any atom is 0.262 e. The molecule has 7 nitrogen and oxygen atoms in total. The number of hydrogen-bond donors (Lipinski definition) is 0. The van der Waals surface area contributed by atoms with Gasteiger partial charge >= 0.3 is 0 Å². The van der Waals surface area contributed by atoms with Crippen molar-refractivity contribution in [1.29, 1.82) is 0 Å². The quantitative estimate of drug-likeness (QED) is 0.807. The van der Waals surface area contributed by atoms with E-state index in [1.165, 1.54) is 28.7 Å². The van der Waals surface area contributed by atoms with E-state index in [9.17, 15) is 17.6 Å². The molecule has 1 saturated heterocycles. The molecular weight excluding hydrogens is 359 g/mol. The van der Waals surface area contributed by atoms with E-state index in [0.717, 1.165) is 0 Å². The van der Waals surface area contributed by atoms with Gasteiger partial charge in [0.25, 0.3) is 15.9 Å². The maximum absolute atomic E-state index is 13.3. The number of amides is 1. The number of aryl methyl sites for hydroxylation is 2. The van der Waals surface area contributed by atoms with Crippen molar-refractivity contribution < 1.29 is 17.6 Å². The van der Waals surface area contributed by atoms with Crippen LogP contribution in [0.5, 0.6) is 0 Å². The third-order valence-corrected chi connectivity index (χ3v) is 6.27. The number of benzene rings is 1. The molecule has 26 heavy (non-hydrogen) atoms. The first kappa shape index (κ1) is 18.5. The molecule has 1 fully saturated rings. The smallest absolute Gasteiger partial charge is 0.262 e. The highest BCUT2D eigenvalue weighted by Gasteiger charge is 2.30. The number of aromatic nitrogens is 2. The molecular formula is C17H21FN4O3S. The van der Waals surface area contributed by atoms with E-state index in [1.807, 2.05) is 0 Å². The Bertz CT molecular complexity index is 906. The van der Waals surface area contributed by atoms with Crippen LogP contribution in [-0.4, -0.2) is 59.3 Å². The van der Waals surface area contributed by atoms with Gasteiger partial charge in [0.15, 0.2) is 5.03 Å². The summed E-state index contributed by atoms with van der Waals surface area (Å²) in [6.07, 6.45) is 2.00. The minimum Gasteiger partial charge on any atom is -0.337 e. The van der Waals surface area contributed by atoms with Crippen LogP contribution >= 0.6 is 0 Å². The molecule has 1 aromatic heterocycles. The molecule has 2 heterocycles. The SMILES string of the molecule is Cc1nc(S(=O)(=O)N2CCCN(C(=O)c3cccc(F)c3)CC2)cn1C. The van der Waals surface area contributed by atoms with Gasteiger partial charge in [-0.15, -0.1) is 0 Å². The molecule has 2 aromatic rings. The number of hydrogen-bond acceptors (Lipinski definition) is 4. The Morgan fingerprint density at radius 2 is 1.96 bits per heavy atom. The summed E-state index contributed by atoms with van der Waals surface area (Å²) in [5.41, 5.74) is 0.265. The molecule has 0 aliphatic carbocycles. The second-order valence-electron chi connectivity index (χ2n) is 6.30. The fraction of sp³-hybridized carbons (Fsp3) is 0.412. The zero-order valence-corrected chi connectivity index (χ0v) is 15.5. The van der Waals surface area contributed by atoms with E-state index in [1.54, 1.807) is 29.5 Å². The van der Waals surface area contributed by atoms with Crippen molar-refractivity contribution in [3.63, 3.8) is 0 Å². The Morgan fingerprint density at radius 3 is 2.62 bits per heavy atom. The third kappa shape index (κ3) is 3.63. The van der Waals surface area contributed by atoms with Crippen molar-refractivity contribution in [3.05, 3.63) is 47.7 Å². The maximum atomic E-state index is 13.3. The van der Waals surface area contributed by atoms with Crippen molar-refractivity contribution >= 4 is 15.9 Å². The van der Waals surface area contributed by atoms with Crippen LogP contribution < -0.4 is 0 Å². The normalized spacial score (nSPS) is 16.5. The van der Waals surface area contributed by atoms with Crippen LogP contribution in [-0.2, 0) is 17.1 Å². The number of halogens is 1. The molecule has 0 bridgehead atoms. The highest BCUT2D eigenvalue weighted by molar-refractivity contribution is 7.89. The van der Waals surface area contributed by atoms with Gasteiger partial charge in [0.05, 0.1) is 0 Å². The largest absolute Gasteiger partial charge is 0.337 e. The number of rotatable bonds is 3. The third-order valence-electron chi connectivity index (χ3n) is 4.50. The van der Waals surface area contributed by atoms with Crippen molar-refractivity contribution in [2.24, 2.45) is 7.05 Å². The molecule has 1 aromatic carbocycles. The summed E-state index contributed by atoms with van der Waals surface area (Å²) in [7, 11) is -1.96. The lowest BCUT2D eigenvalue weighted by Gasteiger charge is -2.21. The first-order valence-electron chi connectivity index (χ1n) is 8.34. The van der Waals surface area contributed by atoms with Crippen molar-refractivity contribution in [1.82, 2.24) is 18.8 Å². The van der Waals surface area contributed by atoms with Gasteiger partial charge in [0.1, 0.15) is 11.6 Å². The van der Waals surface area contributed by atoms with E-state index in [-0.39, 0.29) is 29.6 Å². The van der Waals surface area contributed by atoms with Crippen molar-refractivity contribution in [3.8, 4) is 0 Å². The van der Waals surface area contributed by atoms with Crippen molar-refractivity contribution in [2.75, 3.05) is 26.2 Å². The van der Waals surface area contributed by atoms with E-state index in [4.69, 9.17) is 0 Å². The molecule has 0 N–H and O–H groups in total. The van der Waals surface area contributed by atoms with Gasteiger partial charge in [-0.05, 0) is 31.5 Å². The first-order valence-corrected chi connectivity index (χ1v) is 9.78. The van der Waals surface area contributed by atoms with Crippen molar-refractivity contribution in [2.45, 2.75) is 18.4 Å². The van der Waals surface area contributed by atoms with Crippen LogP contribution in [0, 0.1) is 12.7 Å².